The maximum atomic E-state index is 12.3. The summed E-state index contributed by atoms with van der Waals surface area (Å²) in [6.45, 7) is 3.66. The van der Waals surface area contributed by atoms with E-state index in [9.17, 15) is 9.59 Å². The Morgan fingerprint density at radius 2 is 2.11 bits per heavy atom. The Morgan fingerprint density at radius 1 is 1.39 bits per heavy atom. The molecule has 98 valence electrons. The average molecular weight is 249 g/mol. The fourth-order valence-corrected chi connectivity index (χ4v) is 2.51. The number of aromatic nitrogens is 1. The van der Waals surface area contributed by atoms with Gasteiger partial charge in [-0.25, -0.2) is 0 Å². The normalized spacial score (nSPS) is 23.7. The minimum absolute atomic E-state index is 0.0116. The highest BCUT2D eigenvalue weighted by Gasteiger charge is 2.33. The number of likely N-dealkylation sites (tertiary alicyclic amines) is 1. The Morgan fingerprint density at radius 3 is 2.61 bits per heavy atom. The number of amides is 1. The molecule has 0 aliphatic carbocycles. The fraction of sp³-hybridized carbons (Fsp3) is 0.538. The van der Waals surface area contributed by atoms with Crippen LogP contribution >= 0.6 is 0 Å². The molecule has 1 aromatic rings. The molecule has 1 fully saturated rings. The van der Waals surface area contributed by atoms with E-state index >= 15 is 0 Å². The molecule has 1 saturated heterocycles. The quantitative estimate of drug-likeness (QED) is 0.825. The molecule has 0 radical (unpaired) electrons. The van der Waals surface area contributed by atoms with E-state index in [4.69, 9.17) is 0 Å². The molecule has 2 atom stereocenters. The topological polar surface area (TPSA) is 56.4 Å². The molecule has 0 bridgehead atoms. The van der Waals surface area contributed by atoms with Crippen LogP contribution in [-0.4, -0.2) is 53.9 Å². The van der Waals surface area contributed by atoms with Crippen LogP contribution in [0.5, 0.6) is 0 Å². The number of hydrogen-bond acceptors (Lipinski definition) is 3. The summed E-state index contributed by atoms with van der Waals surface area (Å²) in [7, 11) is 4.07. The summed E-state index contributed by atoms with van der Waals surface area (Å²) in [6, 6.07) is 3.36. The van der Waals surface area contributed by atoms with Gasteiger partial charge in [0.05, 0.1) is 5.56 Å². The first-order valence-corrected chi connectivity index (χ1v) is 6.13. The zero-order valence-corrected chi connectivity index (χ0v) is 11.0. The van der Waals surface area contributed by atoms with Crippen LogP contribution < -0.4 is 5.56 Å². The van der Waals surface area contributed by atoms with E-state index in [-0.39, 0.29) is 11.5 Å². The van der Waals surface area contributed by atoms with E-state index in [0.717, 1.165) is 13.1 Å². The van der Waals surface area contributed by atoms with E-state index in [0.29, 0.717) is 17.5 Å². The first kappa shape index (κ1) is 12.8. The van der Waals surface area contributed by atoms with Crippen molar-refractivity contribution in [2.75, 3.05) is 27.2 Å². The second-order valence-electron chi connectivity index (χ2n) is 5.16. The monoisotopic (exact) mass is 249 g/mol. The first-order valence-electron chi connectivity index (χ1n) is 6.13. The molecule has 1 amide bonds. The van der Waals surface area contributed by atoms with Crippen LogP contribution in [0.4, 0.5) is 0 Å². The smallest absolute Gasteiger partial charge is 0.255 e. The second kappa shape index (κ2) is 4.94. The van der Waals surface area contributed by atoms with E-state index < -0.39 is 0 Å². The highest BCUT2D eigenvalue weighted by Crippen LogP contribution is 2.21. The van der Waals surface area contributed by atoms with Crippen molar-refractivity contribution >= 4 is 5.91 Å². The van der Waals surface area contributed by atoms with Gasteiger partial charge < -0.3 is 14.8 Å². The van der Waals surface area contributed by atoms with Gasteiger partial charge in [-0.1, -0.05) is 6.92 Å². The maximum Gasteiger partial charge on any atom is 0.255 e. The number of carbonyl (C=O) groups excluding carboxylic acids is 1. The van der Waals surface area contributed by atoms with Crippen molar-refractivity contribution < 1.29 is 4.79 Å². The summed E-state index contributed by atoms with van der Waals surface area (Å²) in [5.41, 5.74) is 0.355. The van der Waals surface area contributed by atoms with Gasteiger partial charge in [-0.05, 0) is 26.1 Å². The molecular weight excluding hydrogens is 230 g/mol. The molecule has 18 heavy (non-hydrogen) atoms. The lowest BCUT2D eigenvalue weighted by atomic mass is 10.1. The van der Waals surface area contributed by atoms with Gasteiger partial charge >= 0.3 is 0 Å². The number of hydrogen-bond donors (Lipinski definition) is 1. The Hall–Kier alpha value is -1.62. The molecule has 1 N–H and O–H groups in total. The molecular formula is C13H19N3O2. The van der Waals surface area contributed by atoms with E-state index in [2.05, 4.69) is 16.8 Å². The standard InChI is InChI=1S/C13H19N3O2/c1-9-7-16(8-11(9)15(2)3)13(18)10-4-5-12(17)14-6-10/h4-6,9,11H,7-8H2,1-3H3,(H,14,17). The minimum atomic E-state index is -0.187. The molecule has 2 unspecified atom stereocenters. The summed E-state index contributed by atoms with van der Waals surface area (Å²) in [5, 5.41) is 0. The van der Waals surface area contributed by atoms with Crippen molar-refractivity contribution in [1.82, 2.24) is 14.8 Å². The predicted octanol–water partition coefficient (Wildman–Crippen LogP) is 0.397. The number of aromatic amines is 1. The molecule has 2 rings (SSSR count). The third-order valence-corrected chi connectivity index (χ3v) is 3.55. The molecule has 5 heteroatoms. The van der Waals surface area contributed by atoms with Crippen molar-refractivity contribution in [2.45, 2.75) is 13.0 Å². The Labute approximate surface area is 106 Å². The van der Waals surface area contributed by atoms with Crippen molar-refractivity contribution in [1.29, 1.82) is 0 Å². The first-order chi connectivity index (χ1) is 8.49. The molecule has 0 spiro atoms. The van der Waals surface area contributed by atoms with Crippen LogP contribution in [-0.2, 0) is 0 Å². The molecule has 1 aliphatic heterocycles. The average Bonchev–Trinajstić information content (AvgIpc) is 2.71. The van der Waals surface area contributed by atoms with Crippen LogP contribution in [0.1, 0.15) is 17.3 Å². The number of pyridine rings is 1. The summed E-state index contributed by atoms with van der Waals surface area (Å²) >= 11 is 0. The van der Waals surface area contributed by atoms with Gasteiger partial charge in [0.15, 0.2) is 0 Å². The van der Waals surface area contributed by atoms with Crippen molar-refractivity contribution in [3.05, 3.63) is 34.2 Å². The molecule has 0 aromatic carbocycles. The third kappa shape index (κ3) is 2.46. The van der Waals surface area contributed by atoms with Gasteiger partial charge in [0.25, 0.3) is 5.91 Å². The van der Waals surface area contributed by atoms with Crippen molar-refractivity contribution in [2.24, 2.45) is 5.92 Å². The number of nitrogens with zero attached hydrogens (tertiary/aromatic N) is 2. The predicted molar refractivity (Wildman–Crippen MR) is 69.6 cm³/mol. The van der Waals surface area contributed by atoms with Gasteiger partial charge in [-0.15, -0.1) is 0 Å². The summed E-state index contributed by atoms with van der Waals surface area (Å²) in [4.78, 5) is 29.8. The lowest BCUT2D eigenvalue weighted by molar-refractivity contribution is 0.0781. The fourth-order valence-electron chi connectivity index (χ4n) is 2.51. The van der Waals surface area contributed by atoms with Crippen LogP contribution in [0.25, 0.3) is 0 Å². The molecule has 5 nitrogen and oxygen atoms in total. The van der Waals surface area contributed by atoms with Crippen molar-refractivity contribution in [3.8, 4) is 0 Å². The Bertz CT molecular complexity index is 475. The zero-order chi connectivity index (χ0) is 13.3. The van der Waals surface area contributed by atoms with Crippen LogP contribution in [0.3, 0.4) is 0 Å². The van der Waals surface area contributed by atoms with Crippen LogP contribution in [0.15, 0.2) is 23.1 Å². The molecule has 1 aromatic heterocycles. The second-order valence-corrected chi connectivity index (χ2v) is 5.16. The highest BCUT2D eigenvalue weighted by molar-refractivity contribution is 5.94. The zero-order valence-electron chi connectivity index (χ0n) is 11.0. The summed E-state index contributed by atoms with van der Waals surface area (Å²) in [5.74, 6) is 0.453. The van der Waals surface area contributed by atoms with Gasteiger partial charge in [-0.3, -0.25) is 9.59 Å². The van der Waals surface area contributed by atoms with Gasteiger partial charge in [0.2, 0.25) is 5.56 Å². The molecule has 1 aliphatic rings. The van der Waals surface area contributed by atoms with Gasteiger partial charge in [0, 0.05) is 31.4 Å². The van der Waals surface area contributed by atoms with Crippen LogP contribution in [0.2, 0.25) is 0 Å². The Balaban J connectivity index is 2.12. The van der Waals surface area contributed by atoms with Crippen molar-refractivity contribution in [3.63, 3.8) is 0 Å². The number of carbonyl (C=O) groups is 1. The minimum Gasteiger partial charge on any atom is -0.337 e. The maximum absolute atomic E-state index is 12.3. The molecule has 2 heterocycles. The van der Waals surface area contributed by atoms with E-state index in [1.54, 1.807) is 6.07 Å². The van der Waals surface area contributed by atoms with Gasteiger partial charge in [0.1, 0.15) is 0 Å². The largest absolute Gasteiger partial charge is 0.337 e. The number of likely N-dealkylation sites (N-methyl/N-ethyl adjacent to an activating group) is 1. The number of rotatable bonds is 2. The number of nitrogens with one attached hydrogen (secondary N) is 1. The highest BCUT2D eigenvalue weighted by atomic mass is 16.2. The lowest BCUT2D eigenvalue weighted by Gasteiger charge is -2.22. The van der Waals surface area contributed by atoms with E-state index in [1.807, 2.05) is 19.0 Å². The van der Waals surface area contributed by atoms with Gasteiger partial charge in [-0.2, -0.15) is 0 Å². The molecule has 0 saturated carbocycles. The number of H-pyrrole nitrogens is 1. The summed E-state index contributed by atoms with van der Waals surface area (Å²) in [6.07, 6.45) is 1.48. The third-order valence-electron chi connectivity index (χ3n) is 3.55. The SMILES string of the molecule is CC1CN(C(=O)c2ccc(=O)[nH]c2)CC1N(C)C. The van der Waals surface area contributed by atoms with Crippen LogP contribution in [0, 0.1) is 5.92 Å². The lowest BCUT2D eigenvalue weighted by Crippen LogP contribution is -2.35. The van der Waals surface area contributed by atoms with E-state index in [1.165, 1.54) is 12.3 Å². The Kier molecular flexibility index (Phi) is 3.52. The summed E-state index contributed by atoms with van der Waals surface area (Å²) < 4.78 is 0.